The minimum atomic E-state index is -2.87. The van der Waals surface area contributed by atoms with Crippen LogP contribution in [-0.4, -0.2) is 33.0 Å². The molecule has 1 unspecified atom stereocenters. The van der Waals surface area contributed by atoms with Crippen molar-refractivity contribution in [2.24, 2.45) is 5.92 Å². The van der Waals surface area contributed by atoms with Crippen LogP contribution in [0.4, 0.5) is 0 Å². The summed E-state index contributed by atoms with van der Waals surface area (Å²) in [6.45, 7) is 5.13. The molecule has 1 N–H and O–H groups in total. The fourth-order valence-corrected chi connectivity index (χ4v) is 3.21. The predicted octanol–water partition coefficient (Wildman–Crippen LogP) is 3.32. The zero-order chi connectivity index (χ0) is 15.9. The molecule has 0 heterocycles. The van der Waals surface area contributed by atoms with Gasteiger partial charge in [-0.1, -0.05) is 37.6 Å². The van der Waals surface area contributed by atoms with Gasteiger partial charge >= 0.3 is 0 Å². The SMILES string of the molecule is CC(C)NCC(CCCS(C)(=O)=O)Cc1cccc(Cl)c1. The average Bonchev–Trinajstić information content (AvgIpc) is 2.34. The van der Waals surface area contributed by atoms with E-state index in [4.69, 9.17) is 11.6 Å². The first-order valence-electron chi connectivity index (χ1n) is 7.42. The fraction of sp³-hybridized carbons (Fsp3) is 0.625. The van der Waals surface area contributed by atoms with Crippen molar-refractivity contribution in [3.05, 3.63) is 34.9 Å². The molecule has 0 spiro atoms. The van der Waals surface area contributed by atoms with E-state index in [0.717, 1.165) is 24.4 Å². The Morgan fingerprint density at radius 2 is 2.00 bits per heavy atom. The number of halogens is 1. The second-order valence-corrected chi connectivity index (χ2v) is 8.73. The maximum atomic E-state index is 11.2. The van der Waals surface area contributed by atoms with E-state index in [9.17, 15) is 8.42 Å². The molecule has 1 atom stereocenters. The topological polar surface area (TPSA) is 46.2 Å². The summed E-state index contributed by atoms with van der Waals surface area (Å²) in [6, 6.07) is 8.32. The molecule has 0 amide bonds. The van der Waals surface area contributed by atoms with E-state index in [1.807, 2.05) is 18.2 Å². The van der Waals surface area contributed by atoms with Gasteiger partial charge in [-0.25, -0.2) is 8.42 Å². The largest absolute Gasteiger partial charge is 0.314 e. The zero-order valence-corrected chi connectivity index (χ0v) is 14.7. The molecule has 0 saturated heterocycles. The van der Waals surface area contributed by atoms with Crippen molar-refractivity contribution in [1.82, 2.24) is 5.32 Å². The summed E-state index contributed by atoms with van der Waals surface area (Å²) in [4.78, 5) is 0. The van der Waals surface area contributed by atoms with E-state index >= 15 is 0 Å². The van der Waals surface area contributed by atoms with E-state index in [-0.39, 0.29) is 5.75 Å². The third kappa shape index (κ3) is 9.12. The van der Waals surface area contributed by atoms with Crippen LogP contribution in [0.3, 0.4) is 0 Å². The highest BCUT2D eigenvalue weighted by Crippen LogP contribution is 2.18. The predicted molar refractivity (Wildman–Crippen MR) is 90.7 cm³/mol. The molecule has 1 aromatic carbocycles. The van der Waals surface area contributed by atoms with E-state index in [1.165, 1.54) is 11.8 Å². The Morgan fingerprint density at radius 3 is 2.57 bits per heavy atom. The van der Waals surface area contributed by atoms with Gasteiger partial charge < -0.3 is 5.32 Å². The number of benzene rings is 1. The lowest BCUT2D eigenvalue weighted by Gasteiger charge is -2.19. The second kappa shape index (κ2) is 8.76. The molecular formula is C16H26ClNO2S. The Labute approximate surface area is 134 Å². The van der Waals surface area contributed by atoms with Gasteiger partial charge in [0, 0.05) is 23.1 Å². The normalized spacial score (nSPS) is 13.6. The molecule has 0 radical (unpaired) electrons. The quantitative estimate of drug-likeness (QED) is 0.755. The highest BCUT2D eigenvalue weighted by Gasteiger charge is 2.12. The standard InChI is InChI=1S/C16H26ClNO2S/c1-13(2)18-12-15(7-5-9-21(3,19)20)10-14-6-4-8-16(17)11-14/h4,6,8,11,13,15,18H,5,7,9-10,12H2,1-3H3. The van der Waals surface area contributed by atoms with Gasteiger partial charge in [0.1, 0.15) is 9.84 Å². The first kappa shape index (κ1) is 18.5. The molecule has 0 fully saturated rings. The van der Waals surface area contributed by atoms with Gasteiger partial charge in [-0.15, -0.1) is 0 Å². The van der Waals surface area contributed by atoms with E-state index < -0.39 is 9.84 Å². The fourth-order valence-electron chi connectivity index (χ4n) is 2.31. The maximum Gasteiger partial charge on any atom is 0.147 e. The minimum Gasteiger partial charge on any atom is -0.314 e. The van der Waals surface area contributed by atoms with Crippen LogP contribution in [0, 0.1) is 5.92 Å². The number of nitrogens with one attached hydrogen (secondary N) is 1. The molecule has 1 rings (SSSR count). The lowest BCUT2D eigenvalue weighted by atomic mass is 9.94. The number of rotatable bonds is 9. The van der Waals surface area contributed by atoms with Crippen molar-refractivity contribution >= 4 is 21.4 Å². The van der Waals surface area contributed by atoms with Crippen molar-refractivity contribution < 1.29 is 8.42 Å². The van der Waals surface area contributed by atoms with Gasteiger partial charge in [0.2, 0.25) is 0 Å². The first-order valence-corrected chi connectivity index (χ1v) is 9.85. The Morgan fingerprint density at radius 1 is 1.29 bits per heavy atom. The van der Waals surface area contributed by atoms with Crippen LogP contribution >= 0.6 is 11.6 Å². The third-order valence-electron chi connectivity index (χ3n) is 3.36. The van der Waals surface area contributed by atoms with Crippen LogP contribution in [-0.2, 0) is 16.3 Å². The van der Waals surface area contributed by atoms with Crippen molar-refractivity contribution in [3.8, 4) is 0 Å². The Bertz CT molecular complexity index is 529. The van der Waals surface area contributed by atoms with Gasteiger partial charge in [-0.3, -0.25) is 0 Å². The summed E-state index contributed by atoms with van der Waals surface area (Å²) in [5.74, 6) is 0.688. The maximum absolute atomic E-state index is 11.2. The summed E-state index contributed by atoms with van der Waals surface area (Å²) >= 11 is 6.03. The number of sulfone groups is 1. The highest BCUT2D eigenvalue weighted by atomic mass is 35.5. The van der Waals surface area contributed by atoms with Crippen LogP contribution in [0.15, 0.2) is 24.3 Å². The second-order valence-electron chi connectivity index (χ2n) is 6.04. The summed E-state index contributed by atoms with van der Waals surface area (Å²) in [7, 11) is -2.87. The average molecular weight is 332 g/mol. The summed E-state index contributed by atoms with van der Waals surface area (Å²) < 4.78 is 22.5. The number of hydrogen-bond donors (Lipinski definition) is 1. The molecular weight excluding hydrogens is 306 g/mol. The molecule has 0 aliphatic heterocycles. The molecule has 5 heteroatoms. The summed E-state index contributed by atoms with van der Waals surface area (Å²) in [5, 5.41) is 4.19. The van der Waals surface area contributed by atoms with Crippen LogP contribution in [0.5, 0.6) is 0 Å². The zero-order valence-electron chi connectivity index (χ0n) is 13.1. The molecule has 3 nitrogen and oxygen atoms in total. The third-order valence-corrected chi connectivity index (χ3v) is 4.62. The number of hydrogen-bond acceptors (Lipinski definition) is 3. The molecule has 120 valence electrons. The molecule has 0 bridgehead atoms. The van der Waals surface area contributed by atoms with Crippen molar-refractivity contribution in [3.63, 3.8) is 0 Å². The highest BCUT2D eigenvalue weighted by molar-refractivity contribution is 7.90. The monoisotopic (exact) mass is 331 g/mol. The van der Waals surface area contributed by atoms with E-state index in [1.54, 1.807) is 0 Å². The first-order chi connectivity index (χ1) is 9.76. The van der Waals surface area contributed by atoms with Gasteiger partial charge in [-0.05, 0) is 49.4 Å². The van der Waals surface area contributed by atoms with Gasteiger partial charge in [0.25, 0.3) is 0 Å². The molecule has 0 aromatic heterocycles. The molecule has 1 aromatic rings. The summed E-state index contributed by atoms with van der Waals surface area (Å²) in [5.41, 5.74) is 1.21. The van der Waals surface area contributed by atoms with E-state index in [0.29, 0.717) is 18.4 Å². The Hall–Kier alpha value is -0.580. The minimum absolute atomic E-state index is 0.265. The van der Waals surface area contributed by atoms with Crippen LogP contribution in [0.25, 0.3) is 0 Å². The smallest absolute Gasteiger partial charge is 0.147 e. The lowest BCUT2D eigenvalue weighted by molar-refractivity contribution is 0.418. The van der Waals surface area contributed by atoms with Gasteiger partial charge in [0.05, 0.1) is 0 Å². The van der Waals surface area contributed by atoms with E-state index in [2.05, 4.69) is 25.2 Å². The summed E-state index contributed by atoms with van der Waals surface area (Å²) in [6.07, 6.45) is 3.83. The van der Waals surface area contributed by atoms with Crippen LogP contribution < -0.4 is 5.32 Å². The Balaban J connectivity index is 2.59. The van der Waals surface area contributed by atoms with Gasteiger partial charge in [-0.2, -0.15) is 0 Å². The molecule has 0 aliphatic carbocycles. The van der Waals surface area contributed by atoms with Crippen molar-refractivity contribution in [1.29, 1.82) is 0 Å². The van der Waals surface area contributed by atoms with Crippen LogP contribution in [0.1, 0.15) is 32.3 Å². The molecule has 0 aliphatic rings. The Kier molecular flexibility index (Phi) is 7.71. The lowest BCUT2D eigenvalue weighted by Crippen LogP contribution is -2.30. The molecule has 21 heavy (non-hydrogen) atoms. The van der Waals surface area contributed by atoms with Crippen LogP contribution in [0.2, 0.25) is 5.02 Å². The van der Waals surface area contributed by atoms with Crippen molar-refractivity contribution in [2.45, 2.75) is 39.2 Å². The molecule has 0 saturated carbocycles. The van der Waals surface area contributed by atoms with Crippen molar-refractivity contribution in [2.75, 3.05) is 18.6 Å². The van der Waals surface area contributed by atoms with Gasteiger partial charge in [0.15, 0.2) is 0 Å².